The molecule has 0 aromatic carbocycles. The molecule has 0 N–H and O–H groups in total. The van der Waals surface area contributed by atoms with Crippen LogP contribution in [-0.2, 0) is 4.74 Å². The van der Waals surface area contributed by atoms with Crippen molar-refractivity contribution >= 4 is 5.91 Å². The van der Waals surface area contributed by atoms with E-state index in [1.807, 2.05) is 0 Å². The Kier molecular flexibility index (Phi) is 5.56. The van der Waals surface area contributed by atoms with Crippen molar-refractivity contribution in [1.29, 1.82) is 0 Å². The number of likely N-dealkylation sites (tertiary alicyclic amines) is 1. The number of methoxy groups -OCH3 is 1. The van der Waals surface area contributed by atoms with Crippen LogP contribution in [0.1, 0.15) is 42.5 Å². The summed E-state index contributed by atoms with van der Waals surface area (Å²) in [7, 11) is 1.69. The second-order valence-corrected chi connectivity index (χ2v) is 6.07. The summed E-state index contributed by atoms with van der Waals surface area (Å²) in [5.74, 6) is 0.674. The van der Waals surface area contributed by atoms with Gasteiger partial charge in [0.05, 0.1) is 0 Å². The molecule has 124 valence electrons. The maximum atomic E-state index is 13.1. The van der Waals surface area contributed by atoms with Gasteiger partial charge in [-0.1, -0.05) is 6.92 Å². The lowest BCUT2D eigenvalue weighted by molar-refractivity contribution is 0.0479. The lowest BCUT2D eigenvalue weighted by Crippen LogP contribution is -2.41. The third-order valence-corrected chi connectivity index (χ3v) is 4.60. The van der Waals surface area contributed by atoms with Gasteiger partial charge in [-0.25, -0.2) is 0 Å². The lowest BCUT2D eigenvalue weighted by Gasteiger charge is -2.34. The highest BCUT2D eigenvalue weighted by Gasteiger charge is 2.29. The zero-order valence-corrected chi connectivity index (χ0v) is 13.4. The van der Waals surface area contributed by atoms with Crippen LogP contribution in [0, 0.1) is 18.8 Å². The standard InChI is InChI=1S/C16H24F2N2O2/c1-11(10-22-3)13-6-8-19(9-7-13)15(21)14-5-4-12(2)20(14)16(17)18/h4-5,11,13,16H,6-10H2,1-3H3/t11-/m0/s1. The molecule has 1 aromatic heterocycles. The molecule has 0 aliphatic carbocycles. The van der Waals surface area contributed by atoms with Crippen LogP contribution in [0.2, 0.25) is 0 Å². The number of nitrogens with zero attached hydrogens (tertiary/aromatic N) is 2. The van der Waals surface area contributed by atoms with Gasteiger partial charge in [-0.05, 0) is 43.7 Å². The van der Waals surface area contributed by atoms with E-state index in [4.69, 9.17) is 4.74 Å². The third-order valence-electron chi connectivity index (χ3n) is 4.60. The maximum Gasteiger partial charge on any atom is 0.319 e. The first kappa shape index (κ1) is 16.9. The Bertz CT molecular complexity index is 508. The number of alkyl halides is 2. The SMILES string of the molecule is COC[C@H](C)C1CCN(C(=O)c2ccc(C)n2C(F)F)CC1. The van der Waals surface area contributed by atoms with Gasteiger partial charge in [0.1, 0.15) is 5.69 Å². The predicted molar refractivity (Wildman–Crippen MR) is 80.1 cm³/mol. The molecule has 1 fully saturated rings. The molecule has 2 rings (SSSR count). The molecule has 0 spiro atoms. The van der Waals surface area contributed by atoms with E-state index >= 15 is 0 Å². The fourth-order valence-corrected chi connectivity index (χ4v) is 3.22. The van der Waals surface area contributed by atoms with E-state index in [1.54, 1.807) is 25.0 Å². The molecule has 6 heteroatoms. The zero-order chi connectivity index (χ0) is 16.3. The van der Waals surface area contributed by atoms with E-state index in [1.165, 1.54) is 6.07 Å². The summed E-state index contributed by atoms with van der Waals surface area (Å²) in [6, 6.07) is 3.05. The average molecular weight is 314 g/mol. The van der Waals surface area contributed by atoms with E-state index in [9.17, 15) is 13.6 Å². The van der Waals surface area contributed by atoms with E-state index in [2.05, 4.69) is 6.92 Å². The third kappa shape index (κ3) is 3.48. The van der Waals surface area contributed by atoms with E-state index in [0.29, 0.717) is 37.2 Å². The summed E-state index contributed by atoms with van der Waals surface area (Å²) in [6.45, 7) is 2.99. The second-order valence-electron chi connectivity index (χ2n) is 6.07. The number of piperidine rings is 1. The molecule has 2 heterocycles. The fraction of sp³-hybridized carbons (Fsp3) is 0.688. The van der Waals surface area contributed by atoms with Crippen molar-refractivity contribution in [2.75, 3.05) is 26.8 Å². The van der Waals surface area contributed by atoms with Crippen LogP contribution >= 0.6 is 0 Å². The van der Waals surface area contributed by atoms with Gasteiger partial charge in [-0.3, -0.25) is 9.36 Å². The molecule has 0 radical (unpaired) electrons. The Morgan fingerprint density at radius 1 is 1.36 bits per heavy atom. The largest absolute Gasteiger partial charge is 0.384 e. The van der Waals surface area contributed by atoms with Gasteiger partial charge < -0.3 is 9.64 Å². The number of halogens is 2. The van der Waals surface area contributed by atoms with Gasteiger partial charge in [-0.15, -0.1) is 0 Å². The molecule has 4 nitrogen and oxygen atoms in total. The average Bonchev–Trinajstić information content (AvgIpc) is 2.89. The zero-order valence-electron chi connectivity index (χ0n) is 13.4. The van der Waals surface area contributed by atoms with Gasteiger partial charge >= 0.3 is 6.55 Å². The number of carbonyl (C=O) groups excluding carboxylic acids is 1. The van der Waals surface area contributed by atoms with Gasteiger partial charge in [0.2, 0.25) is 0 Å². The normalized spacial score (nSPS) is 18.0. The highest BCUT2D eigenvalue weighted by atomic mass is 19.3. The van der Waals surface area contributed by atoms with Gasteiger partial charge in [-0.2, -0.15) is 8.78 Å². The van der Waals surface area contributed by atoms with Crippen molar-refractivity contribution in [3.8, 4) is 0 Å². The Balaban J connectivity index is 2.01. The topological polar surface area (TPSA) is 34.5 Å². The van der Waals surface area contributed by atoms with Crippen molar-refractivity contribution in [3.05, 3.63) is 23.5 Å². The minimum absolute atomic E-state index is 0.0795. The number of ether oxygens (including phenoxy) is 1. The summed E-state index contributed by atoms with van der Waals surface area (Å²) in [4.78, 5) is 14.2. The molecule has 0 saturated carbocycles. The van der Waals surface area contributed by atoms with Crippen LogP contribution in [-0.4, -0.2) is 42.2 Å². The number of aromatic nitrogens is 1. The highest BCUT2D eigenvalue weighted by molar-refractivity contribution is 5.93. The van der Waals surface area contributed by atoms with Crippen LogP contribution in [0.5, 0.6) is 0 Å². The minimum Gasteiger partial charge on any atom is -0.384 e. The number of rotatable bonds is 5. The Morgan fingerprint density at radius 2 is 2.00 bits per heavy atom. The number of hydrogen-bond acceptors (Lipinski definition) is 2. The van der Waals surface area contributed by atoms with Crippen molar-refractivity contribution in [1.82, 2.24) is 9.47 Å². The van der Waals surface area contributed by atoms with Crippen molar-refractivity contribution < 1.29 is 18.3 Å². The Hall–Kier alpha value is -1.43. The Labute approximate surface area is 130 Å². The van der Waals surface area contributed by atoms with Gasteiger partial charge in [0.15, 0.2) is 0 Å². The summed E-state index contributed by atoms with van der Waals surface area (Å²) in [6.07, 6.45) is 1.79. The molecule has 1 saturated heterocycles. The van der Waals surface area contributed by atoms with Gasteiger partial charge in [0, 0.05) is 32.5 Å². The number of amides is 1. The first-order valence-corrected chi connectivity index (χ1v) is 7.70. The summed E-state index contributed by atoms with van der Waals surface area (Å²) < 4.78 is 32.1. The van der Waals surface area contributed by atoms with Crippen molar-refractivity contribution in [3.63, 3.8) is 0 Å². The first-order valence-electron chi connectivity index (χ1n) is 7.70. The second kappa shape index (κ2) is 7.22. The predicted octanol–water partition coefficient (Wildman–Crippen LogP) is 3.33. The molecule has 1 aromatic rings. The van der Waals surface area contributed by atoms with Gasteiger partial charge in [0.25, 0.3) is 5.91 Å². The van der Waals surface area contributed by atoms with Crippen molar-refractivity contribution in [2.24, 2.45) is 11.8 Å². The minimum atomic E-state index is -2.69. The van der Waals surface area contributed by atoms with Crippen LogP contribution in [0.25, 0.3) is 0 Å². The highest BCUT2D eigenvalue weighted by Crippen LogP contribution is 2.27. The summed E-state index contributed by atoms with van der Waals surface area (Å²) in [5, 5.41) is 0. The first-order chi connectivity index (χ1) is 10.5. The van der Waals surface area contributed by atoms with E-state index < -0.39 is 6.55 Å². The summed E-state index contributed by atoms with van der Waals surface area (Å²) in [5.41, 5.74) is 0.484. The van der Waals surface area contributed by atoms with Crippen LogP contribution < -0.4 is 0 Å². The quantitative estimate of drug-likeness (QED) is 0.835. The summed E-state index contributed by atoms with van der Waals surface area (Å²) >= 11 is 0. The van der Waals surface area contributed by atoms with Crippen LogP contribution in [0.3, 0.4) is 0 Å². The Morgan fingerprint density at radius 3 is 2.55 bits per heavy atom. The van der Waals surface area contributed by atoms with Crippen LogP contribution in [0.4, 0.5) is 8.78 Å². The molecular formula is C16H24F2N2O2. The number of carbonyl (C=O) groups is 1. The lowest BCUT2D eigenvalue weighted by atomic mass is 9.86. The van der Waals surface area contributed by atoms with E-state index in [0.717, 1.165) is 17.4 Å². The van der Waals surface area contributed by atoms with E-state index in [-0.39, 0.29) is 11.6 Å². The fourth-order valence-electron chi connectivity index (χ4n) is 3.22. The maximum absolute atomic E-state index is 13.1. The molecule has 0 bridgehead atoms. The smallest absolute Gasteiger partial charge is 0.319 e. The number of aryl methyl sites for hydroxylation is 1. The molecular weight excluding hydrogens is 290 g/mol. The molecule has 22 heavy (non-hydrogen) atoms. The van der Waals surface area contributed by atoms with Crippen LogP contribution in [0.15, 0.2) is 12.1 Å². The monoisotopic (exact) mass is 314 g/mol. The molecule has 1 amide bonds. The number of hydrogen-bond donors (Lipinski definition) is 0. The molecule has 1 atom stereocenters. The van der Waals surface area contributed by atoms with Crippen molar-refractivity contribution in [2.45, 2.75) is 33.2 Å². The molecule has 0 unspecified atom stereocenters. The molecule has 1 aliphatic heterocycles. The molecule has 1 aliphatic rings.